The third-order valence-electron chi connectivity index (χ3n) is 5.82. The van der Waals surface area contributed by atoms with Crippen molar-refractivity contribution in [3.63, 3.8) is 0 Å². The average molecular weight is 493 g/mol. The Hall–Kier alpha value is -4.41. The molecule has 0 fully saturated rings. The van der Waals surface area contributed by atoms with Crippen LogP contribution in [0.3, 0.4) is 0 Å². The molecule has 0 spiro atoms. The van der Waals surface area contributed by atoms with E-state index in [0.29, 0.717) is 33.9 Å². The molecule has 4 heterocycles. The van der Waals surface area contributed by atoms with Crippen molar-refractivity contribution < 1.29 is 13.2 Å². The lowest BCUT2D eigenvalue weighted by Crippen LogP contribution is -2.14. The molecule has 0 radical (unpaired) electrons. The third kappa shape index (κ3) is 4.23. The summed E-state index contributed by atoms with van der Waals surface area (Å²) in [7, 11) is 1.67. The number of anilines is 2. The summed E-state index contributed by atoms with van der Waals surface area (Å²) in [5.74, 6) is 0.934. The second kappa shape index (κ2) is 8.36. The number of benzene rings is 1. The van der Waals surface area contributed by atoms with Gasteiger partial charge in [-0.3, -0.25) is 9.20 Å². The number of fused-ring (bicyclic) bond motifs is 3. The van der Waals surface area contributed by atoms with Crippen molar-refractivity contribution in [3.05, 3.63) is 81.8 Å². The van der Waals surface area contributed by atoms with Crippen molar-refractivity contribution in [1.82, 2.24) is 23.9 Å². The van der Waals surface area contributed by atoms with E-state index in [1.54, 1.807) is 26.2 Å². The zero-order valence-corrected chi connectivity index (χ0v) is 19.7. The maximum atomic E-state index is 13.3. The Morgan fingerprint density at radius 2 is 1.78 bits per heavy atom. The Labute approximate surface area is 203 Å². The summed E-state index contributed by atoms with van der Waals surface area (Å²) in [4.78, 5) is 25.7. The van der Waals surface area contributed by atoms with E-state index in [2.05, 4.69) is 20.3 Å². The molecule has 1 aromatic carbocycles. The molecule has 4 aromatic heterocycles. The normalized spacial score (nSPS) is 11.9. The van der Waals surface area contributed by atoms with Crippen LogP contribution in [0.5, 0.6) is 0 Å². The smallest absolute Gasteiger partial charge is 0.399 e. The highest BCUT2D eigenvalue weighted by Gasteiger charge is 2.31. The molecule has 3 N–H and O–H groups in total. The van der Waals surface area contributed by atoms with E-state index >= 15 is 0 Å². The summed E-state index contributed by atoms with van der Waals surface area (Å²) < 4.78 is 43.1. The second-order valence-electron chi connectivity index (χ2n) is 8.67. The fourth-order valence-electron chi connectivity index (χ4n) is 4.21. The van der Waals surface area contributed by atoms with E-state index in [9.17, 15) is 18.0 Å². The van der Waals surface area contributed by atoms with Gasteiger partial charge in [0.2, 0.25) is 5.56 Å². The van der Waals surface area contributed by atoms with E-state index in [-0.39, 0.29) is 17.8 Å². The molecular weight excluding hydrogens is 471 g/mol. The minimum atomic E-state index is -4.50. The Balaban J connectivity index is 1.66. The van der Waals surface area contributed by atoms with Crippen LogP contribution >= 0.6 is 0 Å². The lowest BCUT2D eigenvalue weighted by molar-refractivity contribution is -0.137. The van der Waals surface area contributed by atoms with Crippen molar-refractivity contribution in [2.45, 2.75) is 26.6 Å². The Morgan fingerprint density at radius 3 is 2.50 bits per heavy atom. The minimum absolute atomic E-state index is 0.0259. The summed E-state index contributed by atoms with van der Waals surface area (Å²) in [6, 6.07) is 8.54. The highest BCUT2D eigenvalue weighted by Crippen LogP contribution is 2.33. The number of rotatable bonds is 4. The van der Waals surface area contributed by atoms with Gasteiger partial charge in [-0.15, -0.1) is 0 Å². The number of halogens is 3. The van der Waals surface area contributed by atoms with Gasteiger partial charge in [-0.25, -0.2) is 15.0 Å². The Bertz CT molecular complexity index is 1700. The second-order valence-corrected chi connectivity index (χ2v) is 8.67. The van der Waals surface area contributed by atoms with Gasteiger partial charge in [0.1, 0.15) is 17.3 Å². The van der Waals surface area contributed by atoms with Crippen LogP contribution < -0.4 is 16.6 Å². The monoisotopic (exact) mass is 493 g/mol. The molecule has 8 nitrogen and oxygen atoms in total. The van der Waals surface area contributed by atoms with Crippen molar-refractivity contribution in [2.24, 2.45) is 7.05 Å². The van der Waals surface area contributed by atoms with Crippen LogP contribution in [0.2, 0.25) is 0 Å². The van der Waals surface area contributed by atoms with Crippen molar-refractivity contribution >= 4 is 28.2 Å². The standard InChI is InChI=1S/C25H22F3N7O/c1-13-11-35-23(31-13)19(16-4-5-21(36)34(3)12-16)9-20-22(32-14(2)33-24(20)35)30-10-15-6-17(25(26,27)28)8-18(29)7-15/h4-9,11-12H,10,29H2,1-3H3,(H,30,32,33). The molecular formula is C25H22F3N7O. The number of hydrogen-bond acceptors (Lipinski definition) is 6. The minimum Gasteiger partial charge on any atom is -0.399 e. The molecule has 0 saturated carbocycles. The fraction of sp³-hybridized carbons (Fsp3) is 0.200. The summed E-state index contributed by atoms with van der Waals surface area (Å²) >= 11 is 0. The fourth-order valence-corrected chi connectivity index (χ4v) is 4.21. The van der Waals surface area contributed by atoms with Crippen LogP contribution in [-0.4, -0.2) is 23.9 Å². The molecule has 5 aromatic rings. The van der Waals surface area contributed by atoms with Gasteiger partial charge in [0.15, 0.2) is 5.65 Å². The number of imidazole rings is 1. The number of aromatic nitrogens is 5. The molecule has 0 aliphatic carbocycles. The SMILES string of the molecule is Cc1cn2c(n1)c(-c1ccc(=O)n(C)c1)cc1c(NCc3cc(N)cc(C(F)(F)F)c3)nc(C)nc12. The summed E-state index contributed by atoms with van der Waals surface area (Å²) in [5.41, 5.74) is 8.72. The maximum Gasteiger partial charge on any atom is 0.416 e. The highest BCUT2D eigenvalue weighted by atomic mass is 19.4. The third-order valence-corrected chi connectivity index (χ3v) is 5.82. The molecule has 184 valence electrons. The predicted octanol–water partition coefficient (Wildman–Crippen LogP) is 4.47. The number of pyridine rings is 2. The zero-order valence-electron chi connectivity index (χ0n) is 19.7. The quantitative estimate of drug-likeness (QED) is 0.358. The van der Waals surface area contributed by atoms with Crippen LogP contribution in [-0.2, 0) is 19.8 Å². The number of nitrogens with two attached hydrogens (primary N) is 1. The number of alkyl halides is 3. The summed E-state index contributed by atoms with van der Waals surface area (Å²) in [5, 5.41) is 3.81. The first kappa shape index (κ1) is 23.3. The molecule has 11 heteroatoms. The number of nitrogens with one attached hydrogen (secondary N) is 1. The van der Waals surface area contributed by atoms with Gasteiger partial charge in [0.25, 0.3) is 0 Å². The number of nitrogens with zero attached hydrogens (tertiary/aromatic N) is 5. The molecule has 0 amide bonds. The first-order valence-electron chi connectivity index (χ1n) is 11.0. The van der Waals surface area contributed by atoms with E-state index in [1.165, 1.54) is 16.7 Å². The van der Waals surface area contributed by atoms with Gasteiger partial charge in [0.05, 0.1) is 16.6 Å². The van der Waals surface area contributed by atoms with Gasteiger partial charge in [-0.2, -0.15) is 13.2 Å². The molecule has 0 bridgehead atoms. The first-order chi connectivity index (χ1) is 17.0. The van der Waals surface area contributed by atoms with Crippen LogP contribution in [0.1, 0.15) is 22.6 Å². The van der Waals surface area contributed by atoms with E-state index < -0.39 is 11.7 Å². The molecule has 0 saturated heterocycles. The van der Waals surface area contributed by atoms with Gasteiger partial charge in [-0.1, -0.05) is 0 Å². The van der Waals surface area contributed by atoms with Crippen LogP contribution in [0.4, 0.5) is 24.7 Å². The van der Waals surface area contributed by atoms with E-state index in [1.807, 2.05) is 23.6 Å². The molecule has 0 unspecified atom stereocenters. The summed E-state index contributed by atoms with van der Waals surface area (Å²) in [6.45, 7) is 3.67. The van der Waals surface area contributed by atoms with E-state index in [4.69, 9.17) is 5.73 Å². The van der Waals surface area contributed by atoms with Crippen molar-refractivity contribution in [1.29, 1.82) is 0 Å². The molecule has 0 aliphatic heterocycles. The van der Waals surface area contributed by atoms with Crippen LogP contribution in [0.15, 0.2) is 53.6 Å². The zero-order chi connectivity index (χ0) is 25.8. The maximum absolute atomic E-state index is 13.3. The molecule has 0 atom stereocenters. The Kier molecular flexibility index (Phi) is 5.42. The summed E-state index contributed by atoms with van der Waals surface area (Å²) in [6.07, 6.45) is -0.925. The number of aryl methyl sites for hydroxylation is 3. The van der Waals surface area contributed by atoms with Gasteiger partial charge < -0.3 is 15.6 Å². The van der Waals surface area contributed by atoms with Gasteiger partial charge in [0, 0.05) is 48.9 Å². The average Bonchev–Trinajstić information content (AvgIpc) is 3.20. The van der Waals surface area contributed by atoms with Crippen molar-refractivity contribution in [3.8, 4) is 11.1 Å². The topological polar surface area (TPSA) is 103 Å². The van der Waals surface area contributed by atoms with Crippen LogP contribution in [0, 0.1) is 13.8 Å². The largest absolute Gasteiger partial charge is 0.416 e. The lowest BCUT2D eigenvalue weighted by atomic mass is 10.1. The first-order valence-corrected chi connectivity index (χ1v) is 11.0. The Morgan fingerprint density at radius 1 is 1.00 bits per heavy atom. The lowest BCUT2D eigenvalue weighted by Gasteiger charge is -2.15. The molecule has 0 aliphatic rings. The van der Waals surface area contributed by atoms with Crippen molar-refractivity contribution in [2.75, 3.05) is 11.1 Å². The highest BCUT2D eigenvalue weighted by molar-refractivity contribution is 5.95. The molecule has 36 heavy (non-hydrogen) atoms. The number of nitrogen functional groups attached to an aromatic ring is 1. The van der Waals surface area contributed by atoms with Crippen LogP contribution in [0.25, 0.3) is 27.8 Å². The molecule has 5 rings (SSSR count). The predicted molar refractivity (Wildman–Crippen MR) is 132 cm³/mol. The number of hydrogen-bond donors (Lipinski definition) is 2. The van der Waals surface area contributed by atoms with Gasteiger partial charge in [-0.05, 0) is 49.7 Å². The van der Waals surface area contributed by atoms with Gasteiger partial charge >= 0.3 is 6.18 Å². The van der Waals surface area contributed by atoms with E-state index in [0.717, 1.165) is 29.0 Å².